The molecule has 8 N–H and O–H groups in total. The van der Waals surface area contributed by atoms with Crippen LogP contribution in [0.5, 0.6) is 0 Å². The molecule has 14 nitrogen and oxygen atoms in total. The second kappa shape index (κ2) is 9.23. The van der Waals surface area contributed by atoms with E-state index < -0.39 is 81.2 Å². The largest absolute Gasteiger partial charge is 0.394 e. The van der Waals surface area contributed by atoms with Gasteiger partial charge < -0.3 is 55.1 Å². The van der Waals surface area contributed by atoms with Crippen molar-refractivity contribution in [1.29, 1.82) is 0 Å². The van der Waals surface area contributed by atoms with Crippen molar-refractivity contribution in [3.05, 3.63) is 11.9 Å². The fraction of sp³-hybridized carbons (Fsp3) is 0.867. The van der Waals surface area contributed by atoms with Crippen LogP contribution >= 0.6 is 0 Å². The van der Waals surface area contributed by atoms with Crippen molar-refractivity contribution in [2.24, 2.45) is 0 Å². The van der Waals surface area contributed by atoms with Crippen molar-refractivity contribution in [3.8, 4) is 0 Å². The Bertz CT molecular complexity index is 659. The maximum absolute atomic E-state index is 10.5. The zero-order valence-electron chi connectivity index (χ0n) is 15.1. The summed E-state index contributed by atoms with van der Waals surface area (Å²) in [4.78, 5) is 0. The molecule has 3 rings (SSSR count). The molecule has 29 heavy (non-hydrogen) atoms. The van der Waals surface area contributed by atoms with Gasteiger partial charge in [-0.2, -0.15) is 0 Å². The predicted octanol–water partition coefficient (Wildman–Crippen LogP) is -5.43. The summed E-state index contributed by atoms with van der Waals surface area (Å²) >= 11 is 0. The van der Waals surface area contributed by atoms with E-state index >= 15 is 0 Å². The van der Waals surface area contributed by atoms with Gasteiger partial charge >= 0.3 is 0 Å². The van der Waals surface area contributed by atoms with Gasteiger partial charge in [-0.25, -0.2) is 4.68 Å². The number of hydrogen-bond acceptors (Lipinski definition) is 13. The smallest absolute Gasteiger partial charge is 0.187 e. The summed E-state index contributed by atoms with van der Waals surface area (Å²) in [6, 6.07) is 0. The van der Waals surface area contributed by atoms with E-state index in [0.29, 0.717) is 0 Å². The van der Waals surface area contributed by atoms with Crippen LogP contribution in [-0.4, -0.2) is 124 Å². The third-order valence-corrected chi connectivity index (χ3v) is 4.96. The van der Waals surface area contributed by atoms with Gasteiger partial charge in [0.05, 0.1) is 26.0 Å². The summed E-state index contributed by atoms with van der Waals surface area (Å²) in [6.07, 6.45) is -13.7. The SMILES string of the molecule is OCc1cn([C@@H]2O[C@H](CO)[C@@H](O[C@@H]3O[C@H](CO)[C@H](O)[C@H](O)[C@H]3O)[C@H](O)[C@H]2O)nn1. The van der Waals surface area contributed by atoms with Crippen molar-refractivity contribution in [3.63, 3.8) is 0 Å². The normalized spacial score (nSPS) is 43.4. The summed E-state index contributed by atoms with van der Waals surface area (Å²) in [5.41, 5.74) is 0.190. The van der Waals surface area contributed by atoms with Gasteiger partial charge in [0, 0.05) is 0 Å². The summed E-state index contributed by atoms with van der Waals surface area (Å²) in [6.45, 7) is -1.75. The first-order chi connectivity index (χ1) is 13.8. The van der Waals surface area contributed by atoms with Gasteiger partial charge in [0.2, 0.25) is 0 Å². The lowest BCUT2D eigenvalue weighted by Gasteiger charge is -2.45. The Morgan fingerprint density at radius 1 is 0.862 bits per heavy atom. The maximum Gasteiger partial charge on any atom is 0.187 e. The zero-order chi connectivity index (χ0) is 21.3. The Labute approximate surface area is 164 Å². The van der Waals surface area contributed by atoms with Crippen LogP contribution in [0.4, 0.5) is 0 Å². The van der Waals surface area contributed by atoms with E-state index in [2.05, 4.69) is 10.3 Å². The highest BCUT2D eigenvalue weighted by atomic mass is 16.7. The standard InChI is InChI=1S/C15H25N3O11/c19-2-5-1-18(17-16-5)14-11(25)10(24)13(7(4-21)27-14)29-15-12(26)9(23)8(22)6(3-20)28-15/h1,6-15,19-26H,2-4H2/t6-,7-,8+,9+,10-,11-,12-,13-,14-,15+/m1/s1. The van der Waals surface area contributed by atoms with E-state index in [1.165, 1.54) is 6.20 Å². The molecule has 2 fully saturated rings. The average Bonchev–Trinajstić information content (AvgIpc) is 3.20. The second-order valence-electron chi connectivity index (χ2n) is 6.87. The molecule has 3 heterocycles. The fourth-order valence-electron chi connectivity index (χ4n) is 3.30. The zero-order valence-corrected chi connectivity index (χ0v) is 15.1. The molecule has 0 amide bonds. The molecule has 14 heteroatoms. The molecular weight excluding hydrogens is 398 g/mol. The topological polar surface area (TPSA) is 220 Å². The van der Waals surface area contributed by atoms with Crippen molar-refractivity contribution < 1.29 is 55.1 Å². The molecule has 0 unspecified atom stereocenters. The van der Waals surface area contributed by atoms with Gasteiger partial charge in [-0.1, -0.05) is 5.21 Å². The van der Waals surface area contributed by atoms with E-state index in [1.807, 2.05) is 0 Å². The molecule has 2 aliphatic heterocycles. The van der Waals surface area contributed by atoms with Crippen molar-refractivity contribution in [2.45, 2.75) is 68.0 Å². The number of hydrogen-bond donors (Lipinski definition) is 8. The Morgan fingerprint density at radius 2 is 1.55 bits per heavy atom. The average molecular weight is 423 g/mol. The molecular formula is C15H25N3O11. The van der Waals surface area contributed by atoms with Crippen LogP contribution < -0.4 is 0 Å². The third-order valence-electron chi connectivity index (χ3n) is 4.96. The Morgan fingerprint density at radius 3 is 2.14 bits per heavy atom. The van der Waals surface area contributed by atoms with Crippen LogP contribution in [0.1, 0.15) is 11.9 Å². The first kappa shape index (κ1) is 22.4. The van der Waals surface area contributed by atoms with Crippen molar-refractivity contribution >= 4 is 0 Å². The van der Waals surface area contributed by atoms with Crippen LogP contribution in [0, 0.1) is 0 Å². The first-order valence-electron chi connectivity index (χ1n) is 8.92. The quantitative estimate of drug-likeness (QED) is 0.214. The lowest BCUT2D eigenvalue weighted by Crippen LogP contribution is -2.63. The van der Waals surface area contributed by atoms with E-state index in [0.717, 1.165) is 4.68 Å². The first-order valence-corrected chi connectivity index (χ1v) is 8.92. The number of aliphatic hydroxyl groups excluding tert-OH is 8. The summed E-state index contributed by atoms with van der Waals surface area (Å²) < 4.78 is 17.3. The van der Waals surface area contributed by atoms with Gasteiger partial charge in [-0.3, -0.25) is 0 Å². The molecule has 0 saturated carbocycles. The summed E-state index contributed by atoms with van der Waals surface area (Å²) in [7, 11) is 0. The minimum atomic E-state index is -1.74. The maximum atomic E-state index is 10.5. The molecule has 10 atom stereocenters. The number of aromatic nitrogens is 3. The third kappa shape index (κ3) is 4.28. The van der Waals surface area contributed by atoms with E-state index in [-0.39, 0.29) is 5.69 Å². The Hall–Kier alpha value is -1.30. The van der Waals surface area contributed by atoms with E-state index in [4.69, 9.17) is 19.3 Å². The van der Waals surface area contributed by atoms with Gasteiger partial charge in [0.1, 0.15) is 54.5 Å². The Balaban J connectivity index is 1.76. The molecule has 0 bridgehead atoms. The predicted molar refractivity (Wildman–Crippen MR) is 87.6 cm³/mol. The molecule has 0 spiro atoms. The van der Waals surface area contributed by atoms with Gasteiger partial charge in [-0.05, 0) is 0 Å². The molecule has 2 aliphatic rings. The van der Waals surface area contributed by atoms with E-state index in [9.17, 15) is 35.7 Å². The molecule has 1 aromatic rings. The molecule has 2 saturated heterocycles. The highest BCUT2D eigenvalue weighted by molar-refractivity contribution is 4.97. The van der Waals surface area contributed by atoms with Crippen LogP contribution in [-0.2, 0) is 20.8 Å². The molecule has 0 radical (unpaired) electrons. The molecule has 0 aliphatic carbocycles. The monoisotopic (exact) mass is 423 g/mol. The molecule has 1 aromatic heterocycles. The van der Waals surface area contributed by atoms with Gasteiger partial charge in [0.25, 0.3) is 0 Å². The highest BCUT2D eigenvalue weighted by Crippen LogP contribution is 2.32. The van der Waals surface area contributed by atoms with E-state index in [1.54, 1.807) is 0 Å². The lowest BCUT2D eigenvalue weighted by atomic mass is 9.96. The van der Waals surface area contributed by atoms with Gasteiger partial charge in [-0.15, -0.1) is 5.10 Å². The fourth-order valence-corrected chi connectivity index (χ4v) is 3.30. The number of nitrogens with zero attached hydrogens (tertiary/aromatic N) is 3. The highest BCUT2D eigenvalue weighted by Gasteiger charge is 2.51. The lowest BCUT2D eigenvalue weighted by molar-refractivity contribution is -0.347. The molecule has 0 aromatic carbocycles. The minimum absolute atomic E-state index is 0.190. The van der Waals surface area contributed by atoms with Crippen LogP contribution in [0.25, 0.3) is 0 Å². The second-order valence-corrected chi connectivity index (χ2v) is 6.87. The Kier molecular flexibility index (Phi) is 7.13. The molecule has 166 valence electrons. The minimum Gasteiger partial charge on any atom is -0.394 e. The summed E-state index contributed by atoms with van der Waals surface area (Å²) in [5.74, 6) is 0. The van der Waals surface area contributed by atoms with Crippen LogP contribution in [0.3, 0.4) is 0 Å². The number of ether oxygens (including phenoxy) is 3. The van der Waals surface area contributed by atoms with Crippen molar-refractivity contribution in [2.75, 3.05) is 13.2 Å². The number of rotatable bonds is 6. The van der Waals surface area contributed by atoms with Crippen LogP contribution in [0.15, 0.2) is 6.20 Å². The summed E-state index contributed by atoms with van der Waals surface area (Å²) in [5, 5.41) is 86.0. The number of aliphatic hydroxyl groups is 8. The van der Waals surface area contributed by atoms with Crippen molar-refractivity contribution in [1.82, 2.24) is 15.0 Å². The van der Waals surface area contributed by atoms with Crippen LogP contribution in [0.2, 0.25) is 0 Å². The van der Waals surface area contributed by atoms with Gasteiger partial charge in [0.15, 0.2) is 12.5 Å².